The van der Waals surface area contributed by atoms with Gasteiger partial charge in [-0.1, -0.05) is 0 Å². The lowest BCUT2D eigenvalue weighted by Crippen LogP contribution is -1.86. The molecule has 4 nitrogen and oxygen atoms in total. The van der Waals surface area contributed by atoms with Crippen LogP contribution in [0.15, 0.2) is 22.8 Å². The van der Waals surface area contributed by atoms with Crippen molar-refractivity contribution in [3.05, 3.63) is 18.4 Å². The van der Waals surface area contributed by atoms with Crippen LogP contribution in [0.3, 0.4) is 0 Å². The zero-order valence-corrected chi connectivity index (χ0v) is 6.34. The first-order valence-corrected chi connectivity index (χ1v) is 3.73. The third-order valence-electron chi connectivity index (χ3n) is 1.27. The first-order chi connectivity index (χ1) is 5.38. The molecule has 0 aliphatic carbocycles. The molecule has 0 aromatic carbocycles. The molecule has 5 heteroatoms. The molecule has 0 fully saturated rings. The number of nitrogens with two attached hydrogens (primary N) is 1. The van der Waals surface area contributed by atoms with E-state index in [0.29, 0.717) is 17.3 Å². The van der Waals surface area contributed by atoms with Crippen molar-refractivity contribution in [2.75, 3.05) is 5.73 Å². The van der Waals surface area contributed by atoms with Gasteiger partial charge in [-0.25, -0.2) is 0 Å². The average Bonchev–Trinajstić information content (AvgIpc) is 2.55. The van der Waals surface area contributed by atoms with E-state index in [2.05, 4.69) is 8.75 Å². The maximum absolute atomic E-state index is 5.51. The molecule has 0 unspecified atom stereocenters. The Bertz CT molecular complexity index is 340. The number of anilines is 1. The van der Waals surface area contributed by atoms with Gasteiger partial charge in [-0.05, 0) is 12.1 Å². The highest BCUT2D eigenvalue weighted by Crippen LogP contribution is 2.22. The molecule has 0 aliphatic heterocycles. The van der Waals surface area contributed by atoms with E-state index in [0.717, 1.165) is 11.7 Å². The van der Waals surface area contributed by atoms with Crippen molar-refractivity contribution in [1.29, 1.82) is 0 Å². The lowest BCUT2D eigenvalue weighted by Gasteiger charge is -1.87. The molecular formula is C6H5N3OS. The highest BCUT2D eigenvalue weighted by Gasteiger charge is 2.08. The van der Waals surface area contributed by atoms with Crippen molar-refractivity contribution in [2.45, 2.75) is 0 Å². The summed E-state index contributed by atoms with van der Waals surface area (Å²) in [5.41, 5.74) is 6.13. The molecule has 0 bridgehead atoms. The Balaban J connectivity index is 2.53. The largest absolute Gasteiger partial charge is 0.463 e. The second-order valence-corrected chi connectivity index (χ2v) is 2.50. The number of hydrogen-bond acceptors (Lipinski definition) is 5. The minimum absolute atomic E-state index is 0.421. The summed E-state index contributed by atoms with van der Waals surface area (Å²) in [6, 6.07) is 3.58. The number of nitrogen functional groups attached to an aromatic ring is 1. The molecule has 0 amide bonds. The van der Waals surface area contributed by atoms with E-state index in [1.165, 1.54) is 0 Å². The Labute approximate surface area is 67.0 Å². The minimum atomic E-state index is 0.421. The van der Waals surface area contributed by atoms with Gasteiger partial charge in [0.2, 0.25) is 0 Å². The smallest absolute Gasteiger partial charge is 0.168 e. The van der Waals surface area contributed by atoms with Crippen molar-refractivity contribution >= 4 is 17.5 Å². The summed E-state index contributed by atoms with van der Waals surface area (Å²) in [5, 5.41) is 0. The fraction of sp³-hybridized carbons (Fsp3) is 0. The quantitative estimate of drug-likeness (QED) is 0.696. The van der Waals surface area contributed by atoms with Crippen molar-refractivity contribution in [3.8, 4) is 11.5 Å². The van der Waals surface area contributed by atoms with Gasteiger partial charge in [-0.3, -0.25) is 0 Å². The van der Waals surface area contributed by atoms with Gasteiger partial charge in [-0.15, -0.1) is 0 Å². The summed E-state index contributed by atoms with van der Waals surface area (Å²) in [6.45, 7) is 0. The van der Waals surface area contributed by atoms with Crippen molar-refractivity contribution in [2.24, 2.45) is 0 Å². The Morgan fingerprint density at radius 1 is 1.45 bits per heavy atom. The van der Waals surface area contributed by atoms with E-state index < -0.39 is 0 Å². The number of rotatable bonds is 1. The first kappa shape index (κ1) is 6.36. The SMILES string of the molecule is Nc1nsnc1-c1ccco1. The van der Waals surface area contributed by atoms with Crippen molar-refractivity contribution in [3.63, 3.8) is 0 Å². The van der Waals surface area contributed by atoms with Crippen LogP contribution >= 0.6 is 11.7 Å². The summed E-state index contributed by atoms with van der Waals surface area (Å²) in [6.07, 6.45) is 1.58. The molecule has 56 valence electrons. The highest BCUT2D eigenvalue weighted by atomic mass is 32.1. The van der Waals surface area contributed by atoms with Gasteiger partial charge in [0.25, 0.3) is 0 Å². The van der Waals surface area contributed by atoms with Crippen LogP contribution in [0.5, 0.6) is 0 Å². The second-order valence-electron chi connectivity index (χ2n) is 1.98. The molecule has 0 radical (unpaired) electrons. The number of aromatic nitrogens is 2. The van der Waals surface area contributed by atoms with Gasteiger partial charge in [0.15, 0.2) is 17.3 Å². The topological polar surface area (TPSA) is 64.9 Å². The molecule has 2 heterocycles. The Morgan fingerprint density at radius 2 is 2.36 bits per heavy atom. The fourth-order valence-corrected chi connectivity index (χ4v) is 1.26. The van der Waals surface area contributed by atoms with Gasteiger partial charge in [0.05, 0.1) is 18.0 Å². The number of nitrogens with zero attached hydrogens (tertiary/aromatic N) is 2. The van der Waals surface area contributed by atoms with E-state index in [1.807, 2.05) is 0 Å². The number of hydrogen-bond donors (Lipinski definition) is 1. The number of furan rings is 1. The van der Waals surface area contributed by atoms with E-state index in [-0.39, 0.29) is 0 Å². The standard InChI is InChI=1S/C6H5N3OS/c7-6-5(8-11-9-6)4-2-1-3-10-4/h1-3H,(H2,7,9). The van der Waals surface area contributed by atoms with Gasteiger partial charge in [-0.2, -0.15) is 8.75 Å². The van der Waals surface area contributed by atoms with Crippen LogP contribution in [0.4, 0.5) is 5.82 Å². The summed E-state index contributed by atoms with van der Waals surface area (Å²) >= 11 is 1.08. The zero-order valence-electron chi connectivity index (χ0n) is 5.52. The molecule has 0 aliphatic rings. The lowest BCUT2D eigenvalue weighted by atomic mass is 10.3. The molecule has 0 spiro atoms. The van der Waals surface area contributed by atoms with Gasteiger partial charge in [0, 0.05) is 0 Å². The summed E-state index contributed by atoms with van der Waals surface area (Å²) in [7, 11) is 0. The van der Waals surface area contributed by atoms with Gasteiger partial charge < -0.3 is 10.2 Å². The highest BCUT2D eigenvalue weighted by molar-refractivity contribution is 6.99. The predicted octanol–water partition coefficient (Wildman–Crippen LogP) is 1.38. The van der Waals surface area contributed by atoms with Crippen LogP contribution < -0.4 is 5.73 Å². The van der Waals surface area contributed by atoms with E-state index in [1.54, 1.807) is 18.4 Å². The minimum Gasteiger partial charge on any atom is -0.463 e. The van der Waals surface area contributed by atoms with Crippen molar-refractivity contribution < 1.29 is 4.42 Å². The van der Waals surface area contributed by atoms with Crippen LogP contribution in [-0.2, 0) is 0 Å². The van der Waals surface area contributed by atoms with Crippen LogP contribution in [0.2, 0.25) is 0 Å². The van der Waals surface area contributed by atoms with E-state index in [9.17, 15) is 0 Å². The molecule has 2 rings (SSSR count). The maximum atomic E-state index is 5.51. The van der Waals surface area contributed by atoms with Gasteiger partial charge in [0.1, 0.15) is 0 Å². The van der Waals surface area contributed by atoms with Crippen LogP contribution in [-0.4, -0.2) is 8.75 Å². The molecular weight excluding hydrogens is 162 g/mol. The molecule has 2 N–H and O–H groups in total. The lowest BCUT2D eigenvalue weighted by molar-refractivity contribution is 0.581. The maximum Gasteiger partial charge on any atom is 0.168 e. The second kappa shape index (κ2) is 2.35. The van der Waals surface area contributed by atoms with Crippen LogP contribution in [0, 0.1) is 0 Å². The average molecular weight is 167 g/mol. The molecule has 0 saturated heterocycles. The fourth-order valence-electron chi connectivity index (χ4n) is 0.780. The predicted molar refractivity (Wildman–Crippen MR) is 42.0 cm³/mol. The summed E-state index contributed by atoms with van der Waals surface area (Å²) in [5.74, 6) is 1.08. The Hall–Kier alpha value is -1.36. The van der Waals surface area contributed by atoms with Crippen LogP contribution in [0.1, 0.15) is 0 Å². The third-order valence-corrected chi connectivity index (χ3v) is 1.81. The van der Waals surface area contributed by atoms with E-state index in [4.69, 9.17) is 10.2 Å². The van der Waals surface area contributed by atoms with Crippen molar-refractivity contribution in [1.82, 2.24) is 8.75 Å². The van der Waals surface area contributed by atoms with Crippen LogP contribution in [0.25, 0.3) is 11.5 Å². The summed E-state index contributed by atoms with van der Waals surface area (Å²) < 4.78 is 12.9. The Morgan fingerprint density at radius 3 is 2.91 bits per heavy atom. The monoisotopic (exact) mass is 167 g/mol. The van der Waals surface area contributed by atoms with E-state index >= 15 is 0 Å². The molecule has 0 atom stereocenters. The molecule has 2 aromatic heterocycles. The van der Waals surface area contributed by atoms with Gasteiger partial charge >= 0.3 is 0 Å². The molecule has 11 heavy (non-hydrogen) atoms. The Kier molecular flexibility index (Phi) is 1.36. The summed E-state index contributed by atoms with van der Waals surface area (Å²) in [4.78, 5) is 0. The zero-order chi connectivity index (χ0) is 7.68. The third kappa shape index (κ3) is 0.988. The molecule has 2 aromatic rings. The first-order valence-electron chi connectivity index (χ1n) is 3.00. The molecule has 0 saturated carbocycles. The normalized spacial score (nSPS) is 10.2.